The molecule has 2 heteroatoms. The number of aliphatic hydroxyl groups excluding tert-OH is 1. The van der Waals surface area contributed by atoms with E-state index in [0.29, 0.717) is 0 Å². The van der Waals surface area contributed by atoms with Gasteiger partial charge in [-0.2, -0.15) is 0 Å². The van der Waals surface area contributed by atoms with Crippen molar-refractivity contribution in [3.63, 3.8) is 0 Å². The van der Waals surface area contributed by atoms with Gasteiger partial charge in [-0.1, -0.05) is 48.8 Å². The molecule has 0 fully saturated rings. The minimum absolute atomic E-state index is 0.0286. The van der Waals surface area contributed by atoms with Crippen LogP contribution in [0.3, 0.4) is 0 Å². The number of hydrogen-bond acceptors (Lipinski definition) is 2. The van der Waals surface area contributed by atoms with Crippen LogP contribution in [0.25, 0.3) is 0 Å². The lowest BCUT2D eigenvalue weighted by Crippen LogP contribution is -2.24. The van der Waals surface area contributed by atoms with E-state index in [1.807, 2.05) is 6.92 Å². The van der Waals surface area contributed by atoms with Crippen LogP contribution in [0.15, 0.2) is 46.6 Å². The Hall–Kier alpha value is -1.12. The monoisotopic (exact) mass is 302 g/mol. The van der Waals surface area contributed by atoms with Crippen LogP contribution in [0.2, 0.25) is 0 Å². The van der Waals surface area contributed by atoms with E-state index in [0.717, 1.165) is 6.42 Å². The summed E-state index contributed by atoms with van der Waals surface area (Å²) < 4.78 is 5.54. The van der Waals surface area contributed by atoms with Crippen LogP contribution >= 0.6 is 0 Å². The van der Waals surface area contributed by atoms with Gasteiger partial charge in [-0.3, -0.25) is 0 Å². The van der Waals surface area contributed by atoms with Crippen molar-refractivity contribution in [2.45, 2.75) is 72.7 Å². The zero-order chi connectivity index (χ0) is 16.3. The summed E-state index contributed by atoms with van der Waals surface area (Å²) in [4.78, 5) is 0. The van der Waals surface area contributed by atoms with Gasteiger partial charge in [-0.05, 0) is 63.5 Å². The topological polar surface area (TPSA) is 29.5 Å². The van der Waals surface area contributed by atoms with Crippen LogP contribution in [0.1, 0.15) is 60.3 Å². The summed E-state index contributed by atoms with van der Waals surface area (Å²) >= 11 is 0. The molecule has 2 unspecified atom stereocenters. The van der Waals surface area contributed by atoms with Crippen LogP contribution < -0.4 is 0 Å². The maximum Gasteiger partial charge on any atom is 0.175 e. The molecule has 0 aromatic heterocycles. The Labute approximate surface area is 135 Å². The molecule has 2 atom stereocenters. The highest BCUT2D eigenvalue weighted by molar-refractivity contribution is 5.36. The smallest absolute Gasteiger partial charge is 0.175 e. The van der Waals surface area contributed by atoms with Gasteiger partial charge in [-0.25, -0.2) is 0 Å². The third kappa shape index (κ3) is 4.44. The second-order valence-corrected chi connectivity index (χ2v) is 7.46. The first-order valence-electron chi connectivity index (χ1n) is 8.35. The molecule has 0 aromatic carbocycles. The van der Waals surface area contributed by atoms with Gasteiger partial charge in [0.15, 0.2) is 6.29 Å². The van der Waals surface area contributed by atoms with Crippen molar-refractivity contribution in [3.8, 4) is 0 Å². The highest BCUT2D eigenvalue weighted by Gasteiger charge is 2.26. The molecule has 0 radical (unpaired) electrons. The molecule has 1 aliphatic carbocycles. The Balaban J connectivity index is 2.09. The van der Waals surface area contributed by atoms with Gasteiger partial charge in [0.05, 0.1) is 6.10 Å². The Bertz CT molecular complexity index is 532. The maximum absolute atomic E-state index is 9.65. The van der Waals surface area contributed by atoms with Crippen molar-refractivity contribution in [2.24, 2.45) is 5.41 Å². The fourth-order valence-corrected chi connectivity index (χ4v) is 3.57. The van der Waals surface area contributed by atoms with Crippen molar-refractivity contribution in [3.05, 3.63) is 46.6 Å². The van der Waals surface area contributed by atoms with E-state index >= 15 is 0 Å². The zero-order valence-corrected chi connectivity index (χ0v) is 14.6. The molecule has 0 saturated carbocycles. The Morgan fingerprint density at radius 2 is 2.09 bits per heavy atom. The number of aliphatic hydroxyl groups is 1. The molecule has 1 heterocycles. The van der Waals surface area contributed by atoms with Crippen LogP contribution in [-0.4, -0.2) is 17.5 Å². The summed E-state index contributed by atoms with van der Waals surface area (Å²) in [7, 11) is 0. The minimum atomic E-state index is -0.769. The molecule has 2 rings (SSSR count). The summed E-state index contributed by atoms with van der Waals surface area (Å²) in [6.07, 6.45) is 12.2. The van der Waals surface area contributed by atoms with Gasteiger partial charge < -0.3 is 9.84 Å². The number of hydrogen-bond donors (Lipinski definition) is 1. The molecule has 0 amide bonds. The second kappa shape index (κ2) is 6.97. The Morgan fingerprint density at radius 1 is 1.36 bits per heavy atom. The molecule has 1 N–H and O–H groups in total. The Morgan fingerprint density at radius 3 is 2.73 bits per heavy atom. The molecular formula is C20H30O2. The molecule has 0 aromatic rings. The summed E-state index contributed by atoms with van der Waals surface area (Å²) in [5.74, 6) is 0. The maximum atomic E-state index is 9.65. The molecule has 2 nitrogen and oxygen atoms in total. The molecule has 0 saturated heterocycles. The zero-order valence-electron chi connectivity index (χ0n) is 14.6. The third-order valence-electron chi connectivity index (χ3n) is 4.77. The van der Waals surface area contributed by atoms with Gasteiger partial charge >= 0.3 is 0 Å². The average Bonchev–Trinajstić information content (AvgIpc) is 2.35. The highest BCUT2D eigenvalue weighted by atomic mass is 16.6. The lowest BCUT2D eigenvalue weighted by molar-refractivity contribution is -0.0968. The van der Waals surface area contributed by atoms with E-state index in [2.05, 4.69) is 45.9 Å². The van der Waals surface area contributed by atoms with Gasteiger partial charge in [0.1, 0.15) is 0 Å². The second-order valence-electron chi connectivity index (χ2n) is 7.46. The predicted molar refractivity (Wildman–Crippen MR) is 92.5 cm³/mol. The Kier molecular flexibility index (Phi) is 5.46. The third-order valence-corrected chi connectivity index (χ3v) is 4.77. The van der Waals surface area contributed by atoms with Crippen LogP contribution in [0.5, 0.6) is 0 Å². The van der Waals surface area contributed by atoms with E-state index in [-0.39, 0.29) is 11.5 Å². The van der Waals surface area contributed by atoms with Crippen molar-refractivity contribution in [1.82, 2.24) is 0 Å². The molecule has 22 heavy (non-hydrogen) atoms. The number of rotatable bonds is 3. The first kappa shape index (κ1) is 17.2. The molecule has 1 aliphatic heterocycles. The largest absolute Gasteiger partial charge is 0.365 e. The lowest BCUT2D eigenvalue weighted by Gasteiger charge is -2.33. The van der Waals surface area contributed by atoms with E-state index in [4.69, 9.17) is 4.74 Å². The minimum Gasteiger partial charge on any atom is -0.365 e. The quantitative estimate of drug-likeness (QED) is 0.582. The van der Waals surface area contributed by atoms with Gasteiger partial charge in [0, 0.05) is 0 Å². The number of allylic oxidation sites excluding steroid dienone is 5. The fraction of sp³-hybridized carbons (Fsp3) is 0.600. The fourth-order valence-electron chi connectivity index (χ4n) is 3.57. The van der Waals surface area contributed by atoms with Crippen LogP contribution in [-0.2, 0) is 4.74 Å². The summed E-state index contributed by atoms with van der Waals surface area (Å²) in [6.45, 7) is 11.1. The molecule has 0 bridgehead atoms. The lowest BCUT2D eigenvalue weighted by atomic mass is 9.72. The first-order valence-corrected chi connectivity index (χ1v) is 8.35. The molecule has 2 aliphatic rings. The predicted octanol–water partition coefficient (Wildman–Crippen LogP) is 5.07. The molecule has 0 spiro atoms. The molecular weight excluding hydrogens is 272 g/mol. The molecule has 122 valence electrons. The normalized spacial score (nSPS) is 29.9. The van der Waals surface area contributed by atoms with E-state index in [1.165, 1.54) is 41.6 Å². The van der Waals surface area contributed by atoms with Crippen LogP contribution in [0.4, 0.5) is 0 Å². The van der Waals surface area contributed by atoms with E-state index in [9.17, 15) is 5.11 Å². The van der Waals surface area contributed by atoms with Gasteiger partial charge in [-0.15, -0.1) is 0 Å². The summed E-state index contributed by atoms with van der Waals surface area (Å²) in [5.41, 5.74) is 5.64. The summed E-state index contributed by atoms with van der Waals surface area (Å²) in [5, 5.41) is 9.65. The van der Waals surface area contributed by atoms with Crippen molar-refractivity contribution in [1.29, 1.82) is 0 Å². The van der Waals surface area contributed by atoms with Crippen molar-refractivity contribution < 1.29 is 9.84 Å². The standard InChI is InChI=1S/C20H30O2/c1-14(11-17-12-15(2)13-19(21)22-17)8-9-18-16(3)7-6-10-20(18,4)5/h8-9,11,13,17,19,21H,6-7,10,12H2,1-5H3/b9-8+,14-11+. The number of ether oxygens (including phenoxy) is 1. The highest BCUT2D eigenvalue weighted by Crippen LogP contribution is 2.40. The van der Waals surface area contributed by atoms with Gasteiger partial charge in [0.25, 0.3) is 0 Å². The van der Waals surface area contributed by atoms with Gasteiger partial charge in [0.2, 0.25) is 0 Å². The van der Waals surface area contributed by atoms with Crippen molar-refractivity contribution >= 4 is 0 Å². The average molecular weight is 302 g/mol. The first-order chi connectivity index (χ1) is 10.3. The van der Waals surface area contributed by atoms with E-state index < -0.39 is 6.29 Å². The summed E-state index contributed by atoms with van der Waals surface area (Å²) in [6, 6.07) is 0. The SMILES string of the molecule is CC1=CC(O)OC(/C=C(C)/C=C/C2=C(C)CCCC2(C)C)C1. The van der Waals surface area contributed by atoms with E-state index in [1.54, 1.807) is 6.08 Å². The van der Waals surface area contributed by atoms with Crippen molar-refractivity contribution in [2.75, 3.05) is 0 Å². The van der Waals surface area contributed by atoms with Crippen LogP contribution in [0, 0.1) is 5.41 Å².